The molecule has 2 atom stereocenters. The van der Waals surface area contributed by atoms with Gasteiger partial charge in [-0.15, -0.1) is 0 Å². The number of nitrogens with zero attached hydrogens (tertiary/aromatic N) is 1. The predicted molar refractivity (Wildman–Crippen MR) is 96.6 cm³/mol. The van der Waals surface area contributed by atoms with Crippen molar-refractivity contribution >= 4 is 17.4 Å². The summed E-state index contributed by atoms with van der Waals surface area (Å²) >= 11 is 0. The lowest BCUT2D eigenvalue weighted by Gasteiger charge is -2.13. The molecule has 6 nitrogen and oxygen atoms in total. The number of ether oxygens (including phenoxy) is 3. The fraction of sp³-hybridized carbons (Fsp3) is 0.300. The Labute approximate surface area is 152 Å². The summed E-state index contributed by atoms with van der Waals surface area (Å²) in [6.45, 7) is 1.41. The summed E-state index contributed by atoms with van der Waals surface area (Å²) in [5.74, 6) is 0.572. The third-order valence-electron chi connectivity index (χ3n) is 4.78. The van der Waals surface area contributed by atoms with E-state index < -0.39 is 17.6 Å². The number of hydrogen-bond acceptors (Lipinski definition) is 6. The van der Waals surface area contributed by atoms with Crippen molar-refractivity contribution in [3.05, 3.63) is 54.1 Å². The van der Waals surface area contributed by atoms with E-state index in [2.05, 4.69) is 0 Å². The number of rotatable bonds is 6. The lowest BCUT2D eigenvalue weighted by atomic mass is 9.95. The molecular formula is C20H21NO5. The quantitative estimate of drug-likeness (QED) is 0.451. The topological polar surface area (TPSA) is 64.8 Å². The first-order valence-corrected chi connectivity index (χ1v) is 8.17. The second-order valence-electron chi connectivity index (χ2n) is 6.06. The first kappa shape index (κ1) is 17.8. The van der Waals surface area contributed by atoms with Crippen LogP contribution in [0.3, 0.4) is 0 Å². The highest BCUT2D eigenvalue weighted by Crippen LogP contribution is 2.57. The number of Topliss-reactive ketones (excluding diaryl/α,β-unsaturated/α-hetero) is 1. The molecule has 0 bridgehead atoms. The third-order valence-corrected chi connectivity index (χ3v) is 4.78. The number of esters is 1. The summed E-state index contributed by atoms with van der Waals surface area (Å²) in [7, 11) is 4.47. The molecule has 2 aromatic carbocycles. The highest BCUT2D eigenvalue weighted by Gasteiger charge is 2.73. The van der Waals surface area contributed by atoms with Gasteiger partial charge in [0.25, 0.3) is 0 Å². The Kier molecular flexibility index (Phi) is 4.59. The number of benzene rings is 2. The fourth-order valence-corrected chi connectivity index (χ4v) is 3.44. The van der Waals surface area contributed by atoms with Gasteiger partial charge in [-0.25, -0.2) is 4.79 Å². The van der Waals surface area contributed by atoms with E-state index >= 15 is 0 Å². The molecule has 0 amide bonds. The molecule has 0 radical (unpaired) electrons. The molecule has 0 aromatic heterocycles. The highest BCUT2D eigenvalue weighted by molar-refractivity contribution is 6.17. The van der Waals surface area contributed by atoms with Crippen LogP contribution in [0, 0.1) is 0 Å². The van der Waals surface area contributed by atoms with Crippen LogP contribution >= 0.6 is 0 Å². The van der Waals surface area contributed by atoms with Gasteiger partial charge >= 0.3 is 5.97 Å². The SMILES string of the molecule is COC(=O)[C@@]1(C(C)=O)[C@@H](c2ccc(OC)cc2)N1c1ccc(OC)cc1. The summed E-state index contributed by atoms with van der Waals surface area (Å²) in [6.07, 6.45) is 0. The largest absolute Gasteiger partial charge is 0.497 e. The van der Waals surface area contributed by atoms with E-state index in [4.69, 9.17) is 14.2 Å². The number of ketones is 1. The molecule has 26 heavy (non-hydrogen) atoms. The van der Waals surface area contributed by atoms with Gasteiger partial charge in [-0.1, -0.05) is 12.1 Å². The molecule has 0 N–H and O–H groups in total. The number of methoxy groups -OCH3 is 3. The zero-order valence-corrected chi connectivity index (χ0v) is 15.2. The Morgan fingerprint density at radius 2 is 1.38 bits per heavy atom. The van der Waals surface area contributed by atoms with E-state index in [9.17, 15) is 9.59 Å². The van der Waals surface area contributed by atoms with Gasteiger partial charge in [-0.3, -0.25) is 4.79 Å². The summed E-state index contributed by atoms with van der Waals surface area (Å²) < 4.78 is 15.4. The van der Waals surface area contributed by atoms with Crippen molar-refractivity contribution < 1.29 is 23.8 Å². The molecule has 0 spiro atoms. The number of carbonyl (C=O) groups is 2. The minimum atomic E-state index is -1.36. The van der Waals surface area contributed by atoms with Crippen molar-refractivity contribution in [2.45, 2.75) is 18.5 Å². The summed E-state index contributed by atoms with van der Waals surface area (Å²) in [4.78, 5) is 26.9. The second-order valence-corrected chi connectivity index (χ2v) is 6.06. The maximum atomic E-state index is 12.6. The monoisotopic (exact) mass is 355 g/mol. The standard InChI is InChI=1S/C20H21NO5/c1-13(22)20(19(23)26-4)18(14-5-9-16(24-2)10-6-14)21(20)15-7-11-17(25-3)12-8-15/h5-12,18H,1-4H3/t18-,20-,21?/m1/s1. The first-order valence-electron chi connectivity index (χ1n) is 8.17. The van der Waals surface area contributed by atoms with Crippen molar-refractivity contribution in [1.29, 1.82) is 0 Å². The van der Waals surface area contributed by atoms with Crippen LogP contribution in [0.15, 0.2) is 48.5 Å². The Balaban J connectivity index is 2.07. The molecule has 2 aromatic rings. The third kappa shape index (κ3) is 2.58. The molecule has 1 aliphatic rings. The highest BCUT2D eigenvalue weighted by atomic mass is 16.5. The minimum Gasteiger partial charge on any atom is -0.497 e. The van der Waals surface area contributed by atoms with Crippen LogP contribution in [0.1, 0.15) is 18.5 Å². The smallest absolute Gasteiger partial charge is 0.342 e. The van der Waals surface area contributed by atoms with Crippen LogP contribution in [0.2, 0.25) is 0 Å². The van der Waals surface area contributed by atoms with Crippen LogP contribution in [-0.2, 0) is 14.3 Å². The van der Waals surface area contributed by atoms with E-state index in [1.807, 2.05) is 36.4 Å². The van der Waals surface area contributed by atoms with E-state index in [0.29, 0.717) is 11.5 Å². The zero-order chi connectivity index (χ0) is 18.9. The molecule has 136 valence electrons. The number of hydrogen-bond donors (Lipinski definition) is 0. The van der Waals surface area contributed by atoms with E-state index in [1.165, 1.54) is 14.0 Å². The van der Waals surface area contributed by atoms with Gasteiger partial charge < -0.3 is 19.1 Å². The Bertz CT molecular complexity index is 760. The summed E-state index contributed by atoms with van der Waals surface area (Å²) in [5, 5.41) is 0. The van der Waals surface area contributed by atoms with E-state index in [-0.39, 0.29) is 5.78 Å². The Hall–Kier alpha value is -3.02. The van der Waals surface area contributed by atoms with Gasteiger partial charge in [0.2, 0.25) is 5.54 Å². The van der Waals surface area contributed by atoms with Crippen LogP contribution < -0.4 is 14.4 Å². The summed E-state index contributed by atoms with van der Waals surface area (Å²) in [6, 6.07) is 14.1. The number of anilines is 1. The molecule has 0 aliphatic carbocycles. The lowest BCUT2D eigenvalue weighted by Crippen LogP contribution is -2.38. The van der Waals surface area contributed by atoms with Crippen molar-refractivity contribution in [3.63, 3.8) is 0 Å². The molecule has 0 saturated carbocycles. The Morgan fingerprint density at radius 1 is 0.885 bits per heavy atom. The molecule has 6 heteroatoms. The van der Waals surface area contributed by atoms with Crippen molar-refractivity contribution in [2.24, 2.45) is 0 Å². The van der Waals surface area contributed by atoms with Gasteiger partial charge in [-0.05, 0) is 48.9 Å². The normalized spacial score (nSPS) is 21.1. The van der Waals surface area contributed by atoms with Crippen molar-refractivity contribution in [2.75, 3.05) is 26.2 Å². The predicted octanol–water partition coefficient (Wildman–Crippen LogP) is 2.77. The molecular weight excluding hydrogens is 334 g/mol. The van der Waals surface area contributed by atoms with Gasteiger partial charge in [-0.2, -0.15) is 0 Å². The van der Waals surface area contributed by atoms with Crippen LogP contribution in [-0.4, -0.2) is 38.6 Å². The van der Waals surface area contributed by atoms with Gasteiger partial charge in [0, 0.05) is 5.69 Å². The van der Waals surface area contributed by atoms with Gasteiger partial charge in [0.1, 0.15) is 11.5 Å². The van der Waals surface area contributed by atoms with Crippen molar-refractivity contribution in [3.8, 4) is 11.5 Å². The zero-order valence-electron chi connectivity index (χ0n) is 15.2. The molecule has 1 saturated heterocycles. The minimum absolute atomic E-state index is 0.263. The lowest BCUT2D eigenvalue weighted by molar-refractivity contribution is -0.146. The summed E-state index contributed by atoms with van der Waals surface area (Å²) in [5.41, 5.74) is 0.215. The molecule has 1 heterocycles. The molecule has 3 rings (SSSR count). The fourth-order valence-electron chi connectivity index (χ4n) is 3.44. The first-order chi connectivity index (χ1) is 12.5. The maximum Gasteiger partial charge on any atom is 0.342 e. The molecule has 1 aliphatic heterocycles. The van der Waals surface area contributed by atoms with Crippen LogP contribution in [0.4, 0.5) is 5.69 Å². The van der Waals surface area contributed by atoms with E-state index in [1.54, 1.807) is 31.3 Å². The van der Waals surface area contributed by atoms with Crippen LogP contribution in [0.25, 0.3) is 0 Å². The maximum absolute atomic E-state index is 12.6. The second kappa shape index (κ2) is 6.71. The van der Waals surface area contributed by atoms with Gasteiger partial charge in [0.05, 0.1) is 27.4 Å². The molecule has 1 fully saturated rings. The molecule has 0 unspecified atom stereocenters. The van der Waals surface area contributed by atoms with Crippen LogP contribution in [0.5, 0.6) is 11.5 Å². The number of carbonyl (C=O) groups excluding carboxylic acids is 2. The average Bonchev–Trinajstić information content (AvgIpc) is 3.39. The van der Waals surface area contributed by atoms with Gasteiger partial charge in [0.15, 0.2) is 5.78 Å². The van der Waals surface area contributed by atoms with E-state index in [0.717, 1.165) is 11.3 Å². The Morgan fingerprint density at radius 3 is 1.81 bits per heavy atom. The average molecular weight is 355 g/mol. The van der Waals surface area contributed by atoms with Crippen molar-refractivity contribution in [1.82, 2.24) is 0 Å².